The molecule has 25 heavy (non-hydrogen) atoms. The van der Waals surface area contributed by atoms with Gasteiger partial charge < -0.3 is 14.6 Å². The molecule has 0 unspecified atom stereocenters. The Morgan fingerprint density at radius 3 is 2.64 bits per heavy atom. The highest BCUT2D eigenvalue weighted by molar-refractivity contribution is 5.93. The molecule has 136 valence electrons. The Hall–Kier alpha value is -2.41. The molecule has 7 heteroatoms. The van der Waals surface area contributed by atoms with E-state index in [-0.39, 0.29) is 17.9 Å². The quantitative estimate of drug-likeness (QED) is 0.830. The van der Waals surface area contributed by atoms with Crippen LogP contribution >= 0.6 is 0 Å². The Morgan fingerprint density at radius 2 is 2.04 bits per heavy atom. The molecule has 0 radical (unpaired) electrons. The second-order valence-corrected chi connectivity index (χ2v) is 6.82. The van der Waals surface area contributed by atoms with Crippen LogP contribution in [0.3, 0.4) is 0 Å². The molecule has 1 amide bonds. The minimum atomic E-state index is -0.191. The summed E-state index contributed by atoms with van der Waals surface area (Å²) in [6.45, 7) is 9.41. The average Bonchev–Trinajstić information content (AvgIpc) is 3.03. The zero-order valence-electron chi connectivity index (χ0n) is 15.5. The number of aromatic nitrogens is 2. The molecular weight excluding hydrogens is 320 g/mol. The fourth-order valence-electron chi connectivity index (χ4n) is 2.24. The van der Waals surface area contributed by atoms with Crippen LogP contribution in [0.15, 0.2) is 28.8 Å². The number of amides is 1. The number of likely N-dealkylation sites (N-methyl/N-ethyl adjacent to an activating group) is 1. The first-order chi connectivity index (χ1) is 11.8. The van der Waals surface area contributed by atoms with Gasteiger partial charge in [-0.2, -0.15) is 4.98 Å². The zero-order chi connectivity index (χ0) is 18.4. The molecule has 0 atom stereocenters. The van der Waals surface area contributed by atoms with E-state index in [2.05, 4.69) is 15.5 Å². The largest absolute Gasteiger partial charge is 0.495 e. The molecule has 0 aliphatic heterocycles. The van der Waals surface area contributed by atoms with Crippen molar-refractivity contribution in [3.63, 3.8) is 0 Å². The molecule has 0 saturated heterocycles. The maximum atomic E-state index is 12.3. The van der Waals surface area contributed by atoms with Crippen molar-refractivity contribution < 1.29 is 14.1 Å². The van der Waals surface area contributed by atoms with Crippen LogP contribution in [-0.2, 0) is 16.8 Å². The maximum Gasteiger partial charge on any atom is 0.238 e. The Labute approximate surface area is 148 Å². The van der Waals surface area contributed by atoms with Crippen LogP contribution < -0.4 is 10.1 Å². The molecule has 7 nitrogen and oxygen atoms in total. The number of methoxy groups -OCH3 is 1. The van der Waals surface area contributed by atoms with Crippen molar-refractivity contribution in [2.24, 2.45) is 0 Å². The van der Waals surface area contributed by atoms with E-state index in [4.69, 9.17) is 9.26 Å². The molecule has 2 aromatic rings. The first-order valence-electron chi connectivity index (χ1n) is 8.31. The summed E-state index contributed by atoms with van der Waals surface area (Å²) < 4.78 is 10.5. The van der Waals surface area contributed by atoms with E-state index in [9.17, 15) is 4.79 Å². The summed E-state index contributed by atoms with van der Waals surface area (Å²) in [5, 5.41) is 6.88. The minimum Gasteiger partial charge on any atom is -0.495 e. The second kappa shape index (κ2) is 8.11. The number of hydrogen-bond acceptors (Lipinski definition) is 6. The molecule has 0 bridgehead atoms. The lowest BCUT2D eigenvalue weighted by Gasteiger charge is -2.18. The van der Waals surface area contributed by atoms with Crippen LogP contribution in [0.5, 0.6) is 5.75 Å². The molecule has 1 heterocycles. The molecule has 2 rings (SSSR count). The first kappa shape index (κ1) is 18.9. The minimum absolute atomic E-state index is 0.120. The Balaban J connectivity index is 1.97. The number of nitrogens with one attached hydrogen (secondary N) is 1. The van der Waals surface area contributed by atoms with Gasteiger partial charge in [-0.3, -0.25) is 9.69 Å². The van der Waals surface area contributed by atoms with Crippen molar-refractivity contribution in [2.45, 2.75) is 39.7 Å². The van der Waals surface area contributed by atoms with Gasteiger partial charge in [0.25, 0.3) is 0 Å². The summed E-state index contributed by atoms with van der Waals surface area (Å²) >= 11 is 0. The monoisotopic (exact) mass is 346 g/mol. The van der Waals surface area contributed by atoms with E-state index < -0.39 is 0 Å². The summed E-state index contributed by atoms with van der Waals surface area (Å²) in [6, 6.07) is 7.32. The zero-order valence-corrected chi connectivity index (χ0v) is 15.5. The topological polar surface area (TPSA) is 80.5 Å². The number of anilines is 1. The predicted octanol–water partition coefficient (Wildman–Crippen LogP) is 2.84. The van der Waals surface area contributed by atoms with Crippen molar-refractivity contribution in [3.8, 4) is 5.75 Å². The van der Waals surface area contributed by atoms with Crippen LogP contribution in [0.1, 0.15) is 39.4 Å². The lowest BCUT2D eigenvalue weighted by atomic mass is 9.97. The highest BCUT2D eigenvalue weighted by Gasteiger charge is 2.22. The van der Waals surface area contributed by atoms with E-state index >= 15 is 0 Å². The van der Waals surface area contributed by atoms with Crippen LogP contribution in [0, 0.1) is 0 Å². The molecular formula is C18H26N4O3. The van der Waals surface area contributed by atoms with Gasteiger partial charge in [-0.25, -0.2) is 0 Å². The number of nitrogens with zero attached hydrogens (tertiary/aromatic N) is 3. The SMILES string of the molecule is CCN(CC(=O)Nc1ccccc1OC)Cc1noc(C(C)(C)C)n1. The van der Waals surface area contributed by atoms with E-state index in [1.807, 2.05) is 50.8 Å². The highest BCUT2D eigenvalue weighted by atomic mass is 16.5. The van der Waals surface area contributed by atoms with Crippen molar-refractivity contribution >= 4 is 11.6 Å². The van der Waals surface area contributed by atoms with Gasteiger partial charge in [-0.15, -0.1) is 0 Å². The molecule has 0 fully saturated rings. The summed E-state index contributed by atoms with van der Waals surface area (Å²) in [5.41, 5.74) is 0.462. The predicted molar refractivity (Wildman–Crippen MR) is 95.6 cm³/mol. The summed E-state index contributed by atoms with van der Waals surface area (Å²) in [6.07, 6.45) is 0. The van der Waals surface area contributed by atoms with Gasteiger partial charge in [0.05, 0.1) is 25.9 Å². The average molecular weight is 346 g/mol. The van der Waals surface area contributed by atoms with Gasteiger partial charge >= 0.3 is 0 Å². The van der Waals surface area contributed by atoms with Gasteiger partial charge in [0, 0.05) is 5.41 Å². The fourth-order valence-corrected chi connectivity index (χ4v) is 2.24. The number of rotatable bonds is 7. The van der Waals surface area contributed by atoms with Gasteiger partial charge in [0.15, 0.2) is 5.82 Å². The third-order valence-electron chi connectivity index (χ3n) is 3.67. The maximum absolute atomic E-state index is 12.3. The number of hydrogen-bond donors (Lipinski definition) is 1. The van der Waals surface area contributed by atoms with Crippen LogP contribution in [0.4, 0.5) is 5.69 Å². The smallest absolute Gasteiger partial charge is 0.238 e. The number of carbonyl (C=O) groups excluding carboxylic acids is 1. The Kier molecular flexibility index (Phi) is 6.14. The standard InChI is InChI=1S/C18H26N4O3/c1-6-22(11-15-20-17(25-21-15)18(2,3)4)12-16(23)19-13-9-7-8-10-14(13)24-5/h7-10H,6,11-12H2,1-5H3,(H,19,23). The molecule has 0 spiro atoms. The van der Waals surface area contributed by atoms with E-state index in [1.165, 1.54) is 0 Å². The van der Waals surface area contributed by atoms with Crippen molar-refractivity contribution in [2.75, 3.05) is 25.5 Å². The van der Waals surface area contributed by atoms with Crippen LogP contribution in [0.2, 0.25) is 0 Å². The number of benzene rings is 1. The van der Waals surface area contributed by atoms with Gasteiger partial charge in [-0.05, 0) is 18.7 Å². The normalized spacial score (nSPS) is 11.6. The summed E-state index contributed by atoms with van der Waals surface area (Å²) in [4.78, 5) is 18.7. The summed E-state index contributed by atoms with van der Waals surface area (Å²) in [7, 11) is 1.58. The third kappa shape index (κ3) is 5.29. The van der Waals surface area contributed by atoms with E-state index in [0.29, 0.717) is 36.2 Å². The second-order valence-electron chi connectivity index (χ2n) is 6.82. The van der Waals surface area contributed by atoms with E-state index in [1.54, 1.807) is 13.2 Å². The third-order valence-corrected chi connectivity index (χ3v) is 3.67. The van der Waals surface area contributed by atoms with Crippen LogP contribution in [-0.4, -0.2) is 41.1 Å². The Morgan fingerprint density at radius 1 is 1.32 bits per heavy atom. The molecule has 0 aliphatic rings. The van der Waals surface area contributed by atoms with Crippen LogP contribution in [0.25, 0.3) is 0 Å². The van der Waals surface area contributed by atoms with Crippen molar-refractivity contribution in [1.29, 1.82) is 0 Å². The number of ether oxygens (including phenoxy) is 1. The molecule has 1 aromatic heterocycles. The lowest BCUT2D eigenvalue weighted by molar-refractivity contribution is -0.117. The number of carbonyl (C=O) groups is 1. The Bertz CT molecular complexity index is 706. The molecule has 0 aliphatic carbocycles. The molecule has 1 aromatic carbocycles. The van der Waals surface area contributed by atoms with Crippen molar-refractivity contribution in [3.05, 3.63) is 36.0 Å². The molecule has 0 saturated carbocycles. The van der Waals surface area contributed by atoms with E-state index in [0.717, 1.165) is 0 Å². The first-order valence-corrected chi connectivity index (χ1v) is 8.31. The highest BCUT2D eigenvalue weighted by Crippen LogP contribution is 2.23. The lowest BCUT2D eigenvalue weighted by Crippen LogP contribution is -2.33. The summed E-state index contributed by atoms with van der Waals surface area (Å²) in [5.74, 6) is 1.69. The van der Waals surface area contributed by atoms with Gasteiger partial charge in [0.1, 0.15) is 5.75 Å². The van der Waals surface area contributed by atoms with Gasteiger partial charge in [-0.1, -0.05) is 45.0 Å². The van der Waals surface area contributed by atoms with Gasteiger partial charge in [0.2, 0.25) is 11.8 Å². The fraction of sp³-hybridized carbons (Fsp3) is 0.500. The van der Waals surface area contributed by atoms with Crippen molar-refractivity contribution in [1.82, 2.24) is 15.0 Å². The number of para-hydroxylation sites is 2. The molecule has 1 N–H and O–H groups in total.